The molecule has 3 rings (SSSR count). The van der Waals surface area contributed by atoms with Gasteiger partial charge >= 0.3 is 0 Å². The lowest BCUT2D eigenvalue weighted by Gasteiger charge is -2.51. The van der Waals surface area contributed by atoms with E-state index in [1.807, 2.05) is 0 Å². The molecule has 0 bridgehead atoms. The van der Waals surface area contributed by atoms with E-state index in [-0.39, 0.29) is 47.2 Å². The summed E-state index contributed by atoms with van der Waals surface area (Å²) in [7, 11) is 0. The van der Waals surface area contributed by atoms with Gasteiger partial charge in [0.15, 0.2) is 0 Å². The molecule has 1 saturated carbocycles. The third kappa shape index (κ3) is 4.52. The Morgan fingerprint density at radius 1 is 0.815 bits per heavy atom. The predicted octanol–water partition coefficient (Wildman–Crippen LogP) is 6.33. The minimum Gasteiger partial charge on any atom is -0.375 e. The molecule has 0 aromatic heterocycles. The van der Waals surface area contributed by atoms with Gasteiger partial charge in [0.05, 0.1) is 25.4 Å². The lowest BCUT2D eigenvalue weighted by Crippen LogP contribution is -2.54. The number of ether oxygens (including phenoxy) is 2. The zero-order valence-electron chi connectivity index (χ0n) is 18.4. The van der Waals surface area contributed by atoms with Crippen LogP contribution in [-0.4, -0.2) is 31.3 Å². The van der Waals surface area contributed by atoms with Crippen LogP contribution in [0.3, 0.4) is 0 Å². The Morgan fingerprint density at radius 3 is 1.85 bits per heavy atom. The van der Waals surface area contributed by atoms with Crippen LogP contribution in [-0.2, 0) is 9.47 Å². The van der Waals surface area contributed by atoms with Crippen molar-refractivity contribution in [2.75, 3.05) is 13.2 Å². The van der Waals surface area contributed by atoms with E-state index in [0.29, 0.717) is 11.8 Å². The molecule has 0 N–H and O–H groups in total. The molecule has 158 valence electrons. The second kappa shape index (κ2) is 6.93. The van der Waals surface area contributed by atoms with Crippen molar-refractivity contribution in [3.8, 4) is 0 Å². The minimum absolute atomic E-state index is 0.0137. The highest BCUT2D eigenvalue weighted by molar-refractivity contribution is 4.99. The Bertz CT molecular complexity index is 527. The second-order valence-electron chi connectivity index (χ2n) is 12.0. The normalized spacial score (nSPS) is 35.0. The lowest BCUT2D eigenvalue weighted by atomic mass is 9.60. The molecule has 27 heavy (non-hydrogen) atoms. The van der Waals surface area contributed by atoms with Gasteiger partial charge in [-0.3, -0.25) is 0 Å². The van der Waals surface area contributed by atoms with E-state index in [9.17, 15) is 8.78 Å². The Morgan fingerprint density at radius 2 is 1.41 bits per heavy atom. The fourth-order valence-electron chi connectivity index (χ4n) is 5.08. The van der Waals surface area contributed by atoms with Crippen LogP contribution < -0.4 is 0 Å². The molecular weight excluding hydrogens is 346 g/mol. The summed E-state index contributed by atoms with van der Waals surface area (Å²) in [5.41, 5.74) is 0.411. The molecule has 0 aromatic carbocycles. The average molecular weight is 387 g/mol. The van der Waals surface area contributed by atoms with Gasteiger partial charge in [-0.05, 0) is 47.3 Å². The second-order valence-corrected chi connectivity index (χ2v) is 12.0. The molecule has 2 aliphatic heterocycles. The summed E-state index contributed by atoms with van der Waals surface area (Å²) < 4.78 is 38.7. The van der Waals surface area contributed by atoms with Crippen molar-refractivity contribution in [1.82, 2.24) is 0 Å². The lowest BCUT2D eigenvalue weighted by molar-refractivity contribution is -0.206. The summed E-state index contributed by atoms with van der Waals surface area (Å²) in [6, 6.07) is 0. The maximum atomic E-state index is 13.3. The van der Waals surface area contributed by atoms with E-state index in [4.69, 9.17) is 9.47 Å². The highest BCUT2D eigenvalue weighted by Gasteiger charge is 2.53. The standard InChI is InChI=1S/C23H40F2O2/c1-20(2,3)15-10-18(26-13-15)19-17(14-27-19)22(6,7)9-8-21(4,5)16-11-23(24,25)12-16/h15-19H,8-14H2,1-7H3. The highest BCUT2D eigenvalue weighted by atomic mass is 19.3. The molecule has 3 aliphatic rings. The summed E-state index contributed by atoms with van der Waals surface area (Å²) in [5, 5.41) is 0. The summed E-state index contributed by atoms with van der Waals surface area (Å²) in [4.78, 5) is 0. The zero-order valence-corrected chi connectivity index (χ0v) is 18.4. The van der Waals surface area contributed by atoms with Gasteiger partial charge in [0, 0.05) is 18.8 Å². The molecule has 0 aromatic rings. The Hall–Kier alpha value is -0.220. The molecule has 2 saturated heterocycles. The SMILES string of the molecule is CC(C)(C)C1COC(C2OCC2C(C)(C)CCC(C)(C)C2CC(F)(F)C2)C1. The third-order valence-electron chi connectivity index (χ3n) is 8.10. The molecule has 0 spiro atoms. The van der Waals surface area contributed by atoms with Gasteiger partial charge in [-0.2, -0.15) is 0 Å². The van der Waals surface area contributed by atoms with E-state index in [2.05, 4.69) is 48.5 Å². The van der Waals surface area contributed by atoms with Crippen molar-refractivity contribution in [1.29, 1.82) is 0 Å². The average Bonchev–Trinajstić information content (AvgIpc) is 2.90. The molecule has 4 heteroatoms. The summed E-state index contributed by atoms with van der Waals surface area (Å²) in [5.74, 6) is -1.18. The monoisotopic (exact) mass is 386 g/mol. The highest BCUT2D eigenvalue weighted by Crippen LogP contribution is 2.54. The van der Waals surface area contributed by atoms with Crippen LogP contribution in [0.5, 0.6) is 0 Å². The first kappa shape index (κ1) is 21.5. The van der Waals surface area contributed by atoms with Crippen molar-refractivity contribution in [2.24, 2.45) is 34.0 Å². The molecule has 2 nitrogen and oxygen atoms in total. The first-order chi connectivity index (χ1) is 12.2. The Balaban J connectivity index is 1.53. The summed E-state index contributed by atoms with van der Waals surface area (Å²) >= 11 is 0. The largest absolute Gasteiger partial charge is 0.375 e. The maximum absolute atomic E-state index is 13.3. The third-order valence-corrected chi connectivity index (χ3v) is 8.10. The van der Waals surface area contributed by atoms with Crippen LogP contribution in [0.2, 0.25) is 0 Å². The van der Waals surface area contributed by atoms with Crippen LogP contribution in [0.1, 0.15) is 80.6 Å². The van der Waals surface area contributed by atoms with Crippen molar-refractivity contribution in [3.63, 3.8) is 0 Å². The van der Waals surface area contributed by atoms with E-state index in [0.717, 1.165) is 32.5 Å². The molecular formula is C23H40F2O2. The van der Waals surface area contributed by atoms with Crippen molar-refractivity contribution in [2.45, 2.75) is 98.7 Å². The first-order valence-corrected chi connectivity index (χ1v) is 10.8. The summed E-state index contributed by atoms with van der Waals surface area (Å²) in [6.45, 7) is 17.5. The predicted molar refractivity (Wildman–Crippen MR) is 105 cm³/mol. The number of alkyl halides is 2. The number of rotatable bonds is 6. The smallest absolute Gasteiger partial charge is 0.248 e. The molecule has 3 fully saturated rings. The van der Waals surface area contributed by atoms with Crippen LogP contribution in [0.25, 0.3) is 0 Å². The van der Waals surface area contributed by atoms with Gasteiger partial charge < -0.3 is 9.47 Å². The van der Waals surface area contributed by atoms with E-state index in [1.54, 1.807) is 0 Å². The molecule has 1 aliphatic carbocycles. The molecule has 4 atom stereocenters. The van der Waals surface area contributed by atoms with Crippen molar-refractivity contribution < 1.29 is 18.3 Å². The first-order valence-electron chi connectivity index (χ1n) is 10.8. The van der Waals surface area contributed by atoms with Gasteiger partial charge in [-0.1, -0.05) is 48.5 Å². The van der Waals surface area contributed by atoms with Gasteiger partial charge in [0.1, 0.15) is 0 Å². The van der Waals surface area contributed by atoms with Crippen LogP contribution in [0.15, 0.2) is 0 Å². The van der Waals surface area contributed by atoms with Crippen molar-refractivity contribution >= 4 is 0 Å². The number of hydrogen-bond acceptors (Lipinski definition) is 2. The summed E-state index contributed by atoms with van der Waals surface area (Å²) in [6.07, 6.45) is 3.69. The van der Waals surface area contributed by atoms with Gasteiger partial charge in [-0.15, -0.1) is 0 Å². The minimum atomic E-state index is -2.42. The molecule has 4 unspecified atom stereocenters. The molecule has 0 radical (unpaired) electrons. The quantitative estimate of drug-likeness (QED) is 0.531. The van der Waals surface area contributed by atoms with E-state index in [1.165, 1.54) is 0 Å². The van der Waals surface area contributed by atoms with Crippen LogP contribution >= 0.6 is 0 Å². The Kier molecular flexibility index (Phi) is 5.52. The van der Waals surface area contributed by atoms with Gasteiger partial charge in [-0.25, -0.2) is 8.78 Å². The van der Waals surface area contributed by atoms with Crippen molar-refractivity contribution in [3.05, 3.63) is 0 Å². The van der Waals surface area contributed by atoms with Crippen LogP contribution in [0, 0.1) is 34.0 Å². The number of halogens is 2. The Labute approximate surface area is 164 Å². The maximum Gasteiger partial charge on any atom is 0.248 e. The molecule has 2 heterocycles. The van der Waals surface area contributed by atoms with E-state index < -0.39 is 5.92 Å². The van der Waals surface area contributed by atoms with Crippen LogP contribution in [0.4, 0.5) is 8.78 Å². The van der Waals surface area contributed by atoms with Gasteiger partial charge in [0.25, 0.3) is 0 Å². The van der Waals surface area contributed by atoms with Gasteiger partial charge in [0.2, 0.25) is 5.92 Å². The molecule has 0 amide bonds. The fraction of sp³-hybridized carbons (Fsp3) is 1.00. The number of hydrogen-bond donors (Lipinski definition) is 0. The van der Waals surface area contributed by atoms with E-state index >= 15 is 0 Å². The fourth-order valence-corrected chi connectivity index (χ4v) is 5.08. The topological polar surface area (TPSA) is 18.5 Å². The zero-order chi connectivity index (χ0) is 20.3.